The van der Waals surface area contributed by atoms with Gasteiger partial charge in [-0.25, -0.2) is 4.79 Å². The molecule has 0 bridgehead atoms. The van der Waals surface area contributed by atoms with Crippen LogP contribution in [0.2, 0.25) is 0 Å². The SMILES string of the molecule is COc1cc(/C=C/C(=O)OCC(=O)NCc2ccccc2C)ccc1OCc1c(C)noc1C. The molecule has 8 heteroatoms. The van der Waals surface area contributed by atoms with E-state index in [1.54, 1.807) is 24.3 Å². The molecule has 0 atom stereocenters. The van der Waals surface area contributed by atoms with Gasteiger partial charge < -0.3 is 24.1 Å². The number of aryl methyl sites for hydroxylation is 3. The lowest BCUT2D eigenvalue weighted by Crippen LogP contribution is -2.28. The van der Waals surface area contributed by atoms with Crippen molar-refractivity contribution in [3.63, 3.8) is 0 Å². The number of amides is 1. The third kappa shape index (κ3) is 6.71. The van der Waals surface area contributed by atoms with Crippen molar-refractivity contribution in [3.05, 3.63) is 82.2 Å². The van der Waals surface area contributed by atoms with Crippen LogP contribution in [0.3, 0.4) is 0 Å². The molecule has 0 radical (unpaired) electrons. The lowest BCUT2D eigenvalue weighted by Gasteiger charge is -2.11. The summed E-state index contributed by atoms with van der Waals surface area (Å²) in [5, 5.41) is 6.65. The van der Waals surface area contributed by atoms with Gasteiger partial charge in [0.05, 0.1) is 18.4 Å². The molecule has 2 aromatic carbocycles. The largest absolute Gasteiger partial charge is 0.493 e. The predicted octanol–water partition coefficient (Wildman–Crippen LogP) is 4.06. The molecule has 0 aliphatic heterocycles. The van der Waals surface area contributed by atoms with E-state index in [-0.39, 0.29) is 12.5 Å². The predicted molar refractivity (Wildman–Crippen MR) is 126 cm³/mol. The molecule has 0 aliphatic carbocycles. The average molecular weight is 465 g/mol. The van der Waals surface area contributed by atoms with Crippen molar-refractivity contribution in [2.45, 2.75) is 33.9 Å². The smallest absolute Gasteiger partial charge is 0.331 e. The quantitative estimate of drug-likeness (QED) is 0.357. The van der Waals surface area contributed by atoms with Gasteiger partial charge in [-0.2, -0.15) is 0 Å². The maximum atomic E-state index is 12.0. The Hall–Kier alpha value is -4.07. The highest BCUT2D eigenvalue weighted by Gasteiger charge is 2.12. The van der Waals surface area contributed by atoms with Crippen molar-refractivity contribution in [2.75, 3.05) is 13.7 Å². The van der Waals surface area contributed by atoms with Gasteiger partial charge in [0.2, 0.25) is 0 Å². The number of aromatic nitrogens is 1. The molecule has 8 nitrogen and oxygen atoms in total. The van der Waals surface area contributed by atoms with Gasteiger partial charge in [0, 0.05) is 12.6 Å². The van der Waals surface area contributed by atoms with E-state index in [2.05, 4.69) is 10.5 Å². The van der Waals surface area contributed by atoms with E-state index >= 15 is 0 Å². The maximum Gasteiger partial charge on any atom is 0.331 e. The van der Waals surface area contributed by atoms with E-state index in [9.17, 15) is 9.59 Å². The first kappa shape index (κ1) is 24.6. The molecular weight excluding hydrogens is 436 g/mol. The second-order valence-electron chi connectivity index (χ2n) is 7.65. The van der Waals surface area contributed by atoms with Crippen LogP contribution in [0.15, 0.2) is 53.1 Å². The summed E-state index contributed by atoms with van der Waals surface area (Å²) in [6.07, 6.45) is 2.84. The molecule has 178 valence electrons. The minimum Gasteiger partial charge on any atom is -0.493 e. The Balaban J connectivity index is 1.49. The van der Waals surface area contributed by atoms with Crippen LogP contribution in [0.5, 0.6) is 11.5 Å². The molecule has 1 heterocycles. The van der Waals surface area contributed by atoms with Crippen LogP contribution in [0, 0.1) is 20.8 Å². The number of carbonyl (C=O) groups excluding carboxylic acids is 2. The summed E-state index contributed by atoms with van der Waals surface area (Å²) in [4.78, 5) is 24.0. The standard InChI is InChI=1S/C26H28N2O6/c1-17-7-5-6-8-21(17)14-27-25(29)16-33-26(30)12-10-20-9-11-23(24(13-20)31-4)32-15-22-18(2)28-34-19(22)3/h5-13H,14-16H2,1-4H3,(H,27,29)/b12-10+. The zero-order valence-electron chi connectivity index (χ0n) is 19.7. The van der Waals surface area contributed by atoms with Crippen molar-refractivity contribution in [3.8, 4) is 11.5 Å². The molecule has 3 aromatic rings. The molecule has 1 aromatic heterocycles. The van der Waals surface area contributed by atoms with Crippen molar-refractivity contribution in [1.29, 1.82) is 0 Å². The number of hydrogen-bond donors (Lipinski definition) is 1. The Morgan fingerprint density at radius 1 is 1.09 bits per heavy atom. The van der Waals surface area contributed by atoms with Gasteiger partial charge in [0.15, 0.2) is 18.1 Å². The van der Waals surface area contributed by atoms with E-state index in [0.717, 1.165) is 22.4 Å². The molecule has 0 fully saturated rings. The number of ether oxygens (including phenoxy) is 3. The van der Waals surface area contributed by atoms with Crippen molar-refractivity contribution in [2.24, 2.45) is 0 Å². The van der Waals surface area contributed by atoms with Crippen molar-refractivity contribution < 1.29 is 28.3 Å². The Bertz CT molecular complexity index is 1160. The second kappa shape index (κ2) is 11.7. The van der Waals surface area contributed by atoms with Gasteiger partial charge in [-0.3, -0.25) is 4.79 Å². The molecule has 0 spiro atoms. The van der Waals surface area contributed by atoms with Crippen LogP contribution < -0.4 is 14.8 Å². The maximum absolute atomic E-state index is 12.0. The topological polar surface area (TPSA) is 99.9 Å². The fourth-order valence-electron chi connectivity index (χ4n) is 3.17. The molecule has 1 amide bonds. The molecule has 0 saturated carbocycles. The first-order valence-corrected chi connectivity index (χ1v) is 10.8. The van der Waals surface area contributed by atoms with Crippen molar-refractivity contribution in [1.82, 2.24) is 10.5 Å². The lowest BCUT2D eigenvalue weighted by molar-refractivity contribution is -0.143. The Morgan fingerprint density at radius 2 is 1.88 bits per heavy atom. The number of esters is 1. The second-order valence-corrected chi connectivity index (χ2v) is 7.65. The van der Waals surface area contributed by atoms with E-state index in [4.69, 9.17) is 18.7 Å². The summed E-state index contributed by atoms with van der Waals surface area (Å²) in [5.74, 6) is 0.777. The average Bonchev–Trinajstić information content (AvgIpc) is 3.16. The number of methoxy groups -OCH3 is 1. The number of carbonyl (C=O) groups is 2. The highest BCUT2D eigenvalue weighted by molar-refractivity contribution is 5.89. The summed E-state index contributed by atoms with van der Waals surface area (Å²) in [6.45, 7) is 5.98. The first-order valence-electron chi connectivity index (χ1n) is 10.8. The van der Waals surface area contributed by atoms with E-state index < -0.39 is 5.97 Å². The highest BCUT2D eigenvalue weighted by atomic mass is 16.5. The van der Waals surface area contributed by atoms with Gasteiger partial charge in [-0.05, 0) is 55.7 Å². The molecule has 34 heavy (non-hydrogen) atoms. The molecule has 0 saturated heterocycles. The third-order valence-electron chi connectivity index (χ3n) is 5.24. The minimum atomic E-state index is -0.622. The summed E-state index contributed by atoms with van der Waals surface area (Å²) in [5.41, 5.74) is 4.46. The normalized spacial score (nSPS) is 10.8. The van der Waals surface area contributed by atoms with Gasteiger partial charge in [0.1, 0.15) is 12.4 Å². The molecule has 1 N–H and O–H groups in total. The number of nitrogens with zero attached hydrogens (tertiary/aromatic N) is 1. The number of nitrogens with one attached hydrogen (secondary N) is 1. The molecule has 0 aliphatic rings. The molecule has 3 rings (SSSR count). The van der Waals surface area contributed by atoms with Gasteiger partial charge in [-0.15, -0.1) is 0 Å². The minimum absolute atomic E-state index is 0.297. The number of rotatable bonds is 10. The van der Waals surface area contributed by atoms with E-state index in [0.29, 0.717) is 36.0 Å². The first-order chi connectivity index (χ1) is 16.4. The van der Waals surface area contributed by atoms with Crippen molar-refractivity contribution >= 4 is 18.0 Å². The van der Waals surface area contributed by atoms with Crippen LogP contribution >= 0.6 is 0 Å². The van der Waals surface area contributed by atoms with Crippen LogP contribution in [0.1, 0.15) is 33.7 Å². The summed E-state index contributed by atoms with van der Waals surface area (Å²) in [6, 6.07) is 13.0. The molecular formula is C26H28N2O6. The van der Waals surface area contributed by atoms with Gasteiger partial charge >= 0.3 is 5.97 Å². The van der Waals surface area contributed by atoms with Crippen LogP contribution in [-0.4, -0.2) is 30.7 Å². The van der Waals surface area contributed by atoms with Crippen LogP contribution in [-0.2, 0) is 27.5 Å². The Labute approximate surface area is 198 Å². The summed E-state index contributed by atoms with van der Waals surface area (Å²) < 4.78 is 21.4. The van der Waals surface area contributed by atoms with E-state index in [1.807, 2.05) is 45.0 Å². The van der Waals surface area contributed by atoms with E-state index in [1.165, 1.54) is 13.2 Å². The lowest BCUT2D eigenvalue weighted by atomic mass is 10.1. The Kier molecular flexibility index (Phi) is 8.45. The summed E-state index contributed by atoms with van der Waals surface area (Å²) >= 11 is 0. The zero-order valence-corrected chi connectivity index (χ0v) is 19.7. The van der Waals surface area contributed by atoms with Gasteiger partial charge in [-0.1, -0.05) is 35.5 Å². The van der Waals surface area contributed by atoms with Crippen LogP contribution in [0.4, 0.5) is 0 Å². The Morgan fingerprint density at radius 3 is 2.59 bits per heavy atom. The number of benzene rings is 2. The number of hydrogen-bond acceptors (Lipinski definition) is 7. The van der Waals surface area contributed by atoms with Crippen LogP contribution in [0.25, 0.3) is 6.08 Å². The zero-order chi connectivity index (χ0) is 24.5. The monoisotopic (exact) mass is 464 g/mol. The third-order valence-corrected chi connectivity index (χ3v) is 5.24. The fourth-order valence-corrected chi connectivity index (χ4v) is 3.17. The highest BCUT2D eigenvalue weighted by Crippen LogP contribution is 2.30. The molecule has 0 unspecified atom stereocenters. The summed E-state index contributed by atoms with van der Waals surface area (Å²) in [7, 11) is 1.54. The fraction of sp³-hybridized carbons (Fsp3) is 0.269. The van der Waals surface area contributed by atoms with Gasteiger partial charge in [0.25, 0.3) is 5.91 Å².